The molecule has 1 atom stereocenters. The maximum Gasteiger partial charge on any atom is 0.310 e. The second kappa shape index (κ2) is 9.23. The molecule has 0 saturated carbocycles. The number of esters is 1. The molecule has 1 saturated heterocycles. The Morgan fingerprint density at radius 3 is 2.57 bits per heavy atom. The molecule has 0 bridgehead atoms. The van der Waals surface area contributed by atoms with Gasteiger partial charge in [-0.25, -0.2) is 12.8 Å². The molecule has 30 heavy (non-hydrogen) atoms. The summed E-state index contributed by atoms with van der Waals surface area (Å²) in [5.74, 6) is -2.69. The molecular weight excluding hydrogens is 415 g/mol. The molecule has 1 aliphatic rings. The van der Waals surface area contributed by atoms with Gasteiger partial charge in [0.1, 0.15) is 11.6 Å². The Bertz CT molecular complexity index is 1030. The van der Waals surface area contributed by atoms with E-state index in [4.69, 9.17) is 4.74 Å². The molecule has 0 radical (unpaired) electrons. The zero-order valence-electron chi connectivity index (χ0n) is 16.0. The monoisotopic (exact) mass is 436 g/mol. The number of rotatable bonds is 6. The van der Waals surface area contributed by atoms with E-state index in [-0.39, 0.29) is 29.4 Å². The molecule has 10 heteroatoms. The van der Waals surface area contributed by atoms with Gasteiger partial charge in [-0.2, -0.15) is 4.31 Å². The van der Waals surface area contributed by atoms with Crippen LogP contribution in [0.5, 0.6) is 5.75 Å². The zero-order chi connectivity index (χ0) is 21.7. The summed E-state index contributed by atoms with van der Waals surface area (Å²) in [6.45, 7) is -0.411. The van der Waals surface area contributed by atoms with Crippen LogP contribution in [-0.2, 0) is 24.3 Å². The summed E-state index contributed by atoms with van der Waals surface area (Å²) in [4.78, 5) is 24.2. The van der Waals surface area contributed by atoms with Crippen molar-refractivity contribution in [3.05, 3.63) is 54.3 Å². The number of amides is 1. The Labute approximate surface area is 173 Å². The van der Waals surface area contributed by atoms with Crippen LogP contribution in [0.1, 0.15) is 12.8 Å². The number of piperidine rings is 1. The Balaban J connectivity index is 1.57. The van der Waals surface area contributed by atoms with E-state index in [0.29, 0.717) is 12.8 Å². The summed E-state index contributed by atoms with van der Waals surface area (Å²) in [6, 6.07) is 10.6. The van der Waals surface area contributed by atoms with Crippen molar-refractivity contribution >= 4 is 27.6 Å². The minimum absolute atomic E-state index is 0.0556. The summed E-state index contributed by atoms with van der Waals surface area (Å²) in [7, 11) is -3.87. The molecular formula is C20H21FN2O6S. The minimum atomic E-state index is -3.87. The molecule has 0 spiro atoms. The van der Waals surface area contributed by atoms with Gasteiger partial charge < -0.3 is 15.2 Å². The normalized spacial score (nSPS) is 17.3. The van der Waals surface area contributed by atoms with Crippen molar-refractivity contribution in [2.75, 3.05) is 25.0 Å². The zero-order valence-corrected chi connectivity index (χ0v) is 16.8. The molecule has 1 heterocycles. The van der Waals surface area contributed by atoms with Crippen LogP contribution >= 0.6 is 0 Å². The van der Waals surface area contributed by atoms with Gasteiger partial charge in [-0.05, 0) is 49.2 Å². The van der Waals surface area contributed by atoms with E-state index in [1.165, 1.54) is 24.3 Å². The van der Waals surface area contributed by atoms with E-state index in [1.54, 1.807) is 12.1 Å². The number of ether oxygens (including phenoxy) is 1. The predicted octanol–water partition coefficient (Wildman–Crippen LogP) is 2.11. The molecule has 8 nitrogen and oxygen atoms in total. The van der Waals surface area contributed by atoms with Crippen LogP contribution < -0.4 is 5.32 Å². The van der Waals surface area contributed by atoms with Crippen molar-refractivity contribution in [1.82, 2.24) is 4.31 Å². The molecule has 2 N–H and O–H groups in total. The highest BCUT2D eigenvalue weighted by Crippen LogP contribution is 2.25. The van der Waals surface area contributed by atoms with E-state index >= 15 is 0 Å². The fraction of sp³-hybridized carbons (Fsp3) is 0.300. The van der Waals surface area contributed by atoms with Gasteiger partial charge in [0.05, 0.1) is 16.5 Å². The van der Waals surface area contributed by atoms with Gasteiger partial charge in [0.15, 0.2) is 6.61 Å². The Morgan fingerprint density at radius 1 is 1.17 bits per heavy atom. The molecule has 0 aromatic heterocycles. The van der Waals surface area contributed by atoms with Crippen LogP contribution in [0.15, 0.2) is 53.4 Å². The molecule has 0 aliphatic carbocycles. The Morgan fingerprint density at radius 2 is 1.87 bits per heavy atom. The predicted molar refractivity (Wildman–Crippen MR) is 106 cm³/mol. The average molecular weight is 436 g/mol. The van der Waals surface area contributed by atoms with Gasteiger partial charge in [0, 0.05) is 13.1 Å². The molecule has 1 amide bonds. The fourth-order valence-electron chi connectivity index (χ4n) is 3.13. The van der Waals surface area contributed by atoms with Crippen LogP contribution in [-0.4, -0.2) is 49.4 Å². The SMILES string of the molecule is O=C(COC(=O)C1CCCN(S(=O)(=O)c2ccc(F)cc2)C1)Nc1ccccc1O. The summed E-state index contributed by atoms with van der Waals surface area (Å²) in [6.07, 6.45) is 0.875. The highest BCUT2D eigenvalue weighted by molar-refractivity contribution is 7.89. The number of benzene rings is 2. The molecule has 1 aliphatic heterocycles. The van der Waals surface area contributed by atoms with Gasteiger partial charge in [-0.15, -0.1) is 0 Å². The van der Waals surface area contributed by atoms with Gasteiger partial charge >= 0.3 is 5.97 Å². The number of sulfonamides is 1. The second-order valence-electron chi connectivity index (χ2n) is 6.83. The average Bonchev–Trinajstić information content (AvgIpc) is 2.74. The summed E-state index contributed by atoms with van der Waals surface area (Å²) >= 11 is 0. The molecule has 1 fully saturated rings. The number of hydrogen-bond acceptors (Lipinski definition) is 6. The van der Waals surface area contributed by atoms with Crippen LogP contribution in [0.2, 0.25) is 0 Å². The third-order valence-electron chi connectivity index (χ3n) is 4.69. The third kappa shape index (κ3) is 5.14. The molecule has 1 unspecified atom stereocenters. The van der Waals surface area contributed by atoms with Crippen molar-refractivity contribution in [2.45, 2.75) is 17.7 Å². The number of nitrogens with one attached hydrogen (secondary N) is 1. The summed E-state index contributed by atoms with van der Waals surface area (Å²) in [5, 5.41) is 12.1. The first-order valence-electron chi connectivity index (χ1n) is 9.27. The molecule has 160 valence electrons. The lowest BCUT2D eigenvalue weighted by molar-refractivity contribution is -0.152. The third-order valence-corrected chi connectivity index (χ3v) is 6.57. The molecule has 2 aromatic rings. The minimum Gasteiger partial charge on any atom is -0.506 e. The fourth-order valence-corrected chi connectivity index (χ4v) is 4.65. The highest BCUT2D eigenvalue weighted by Gasteiger charge is 2.34. The van der Waals surface area contributed by atoms with Crippen LogP contribution in [0.4, 0.5) is 10.1 Å². The maximum absolute atomic E-state index is 13.1. The first kappa shape index (κ1) is 21.7. The van der Waals surface area contributed by atoms with Crippen molar-refractivity contribution in [2.24, 2.45) is 5.92 Å². The largest absolute Gasteiger partial charge is 0.506 e. The second-order valence-corrected chi connectivity index (χ2v) is 8.77. The van der Waals surface area contributed by atoms with E-state index in [0.717, 1.165) is 16.4 Å². The quantitative estimate of drug-likeness (QED) is 0.530. The van der Waals surface area contributed by atoms with Crippen molar-refractivity contribution in [3.8, 4) is 5.75 Å². The number of aromatic hydroxyl groups is 1. The number of phenolic OH excluding ortho intramolecular Hbond substituents is 1. The van der Waals surface area contributed by atoms with E-state index in [9.17, 15) is 27.5 Å². The van der Waals surface area contributed by atoms with Crippen molar-refractivity contribution < 1.29 is 32.2 Å². The number of hydrogen-bond donors (Lipinski definition) is 2. The van der Waals surface area contributed by atoms with Gasteiger partial charge in [-0.3, -0.25) is 9.59 Å². The van der Waals surface area contributed by atoms with Crippen LogP contribution in [0.3, 0.4) is 0 Å². The Hall–Kier alpha value is -2.98. The number of halogens is 1. The lowest BCUT2D eigenvalue weighted by Crippen LogP contribution is -2.43. The molecule has 3 rings (SSSR count). The van der Waals surface area contributed by atoms with E-state index in [2.05, 4.69) is 5.32 Å². The smallest absolute Gasteiger partial charge is 0.310 e. The van der Waals surface area contributed by atoms with Crippen molar-refractivity contribution in [1.29, 1.82) is 0 Å². The number of nitrogens with zero attached hydrogens (tertiary/aromatic N) is 1. The summed E-state index contributed by atoms with van der Waals surface area (Å²) in [5.41, 5.74) is 0.188. The first-order chi connectivity index (χ1) is 14.3. The van der Waals surface area contributed by atoms with Crippen LogP contribution in [0.25, 0.3) is 0 Å². The number of para-hydroxylation sites is 2. The number of carbonyl (C=O) groups excluding carboxylic acids is 2. The number of phenols is 1. The van der Waals surface area contributed by atoms with Gasteiger partial charge in [-0.1, -0.05) is 12.1 Å². The topological polar surface area (TPSA) is 113 Å². The molecule has 2 aromatic carbocycles. The highest BCUT2D eigenvalue weighted by atomic mass is 32.2. The van der Waals surface area contributed by atoms with Crippen molar-refractivity contribution in [3.63, 3.8) is 0 Å². The summed E-state index contributed by atoms with van der Waals surface area (Å²) < 4.78 is 44.7. The van der Waals surface area contributed by atoms with E-state index in [1.807, 2.05) is 0 Å². The van der Waals surface area contributed by atoms with Gasteiger partial charge in [0.25, 0.3) is 5.91 Å². The number of anilines is 1. The number of carbonyl (C=O) groups is 2. The van der Waals surface area contributed by atoms with E-state index < -0.39 is 40.2 Å². The Kier molecular flexibility index (Phi) is 6.68. The first-order valence-corrected chi connectivity index (χ1v) is 10.7. The lowest BCUT2D eigenvalue weighted by Gasteiger charge is -2.30. The van der Waals surface area contributed by atoms with Gasteiger partial charge in [0.2, 0.25) is 10.0 Å². The maximum atomic E-state index is 13.1. The van der Waals surface area contributed by atoms with Crippen LogP contribution in [0, 0.1) is 11.7 Å². The lowest BCUT2D eigenvalue weighted by atomic mass is 10.00. The standard InChI is InChI=1S/C20H21FN2O6S/c21-15-7-9-16(10-8-15)30(27,28)23-11-3-4-14(12-23)20(26)29-13-19(25)22-17-5-1-2-6-18(17)24/h1-2,5-10,14,24H,3-4,11-13H2,(H,22,25).